The highest BCUT2D eigenvalue weighted by Crippen LogP contribution is 2.19. The van der Waals surface area contributed by atoms with Crippen LogP contribution in [-0.2, 0) is 20.7 Å². The summed E-state index contributed by atoms with van der Waals surface area (Å²) in [7, 11) is 1.51. The zero-order chi connectivity index (χ0) is 16.2. The number of hydrogen-bond donors (Lipinski definition) is 1. The minimum atomic E-state index is -0.0174. The van der Waals surface area contributed by atoms with Gasteiger partial charge in [0.25, 0.3) is 0 Å². The Morgan fingerprint density at radius 3 is 2.43 bits per heavy atom. The number of carbonyl (C=O) groups is 2. The van der Waals surface area contributed by atoms with Crippen molar-refractivity contribution in [3.8, 4) is 0 Å². The molecule has 1 fully saturated rings. The number of para-hydroxylation sites is 1. The van der Waals surface area contributed by atoms with Crippen molar-refractivity contribution >= 4 is 22.7 Å². The van der Waals surface area contributed by atoms with E-state index >= 15 is 0 Å². The molecule has 0 bridgehead atoms. The van der Waals surface area contributed by atoms with Crippen LogP contribution < -0.4 is 0 Å². The van der Waals surface area contributed by atoms with E-state index in [1.807, 2.05) is 35.4 Å². The molecule has 1 aromatic heterocycles. The number of ether oxygens (including phenoxy) is 1. The van der Waals surface area contributed by atoms with Gasteiger partial charge in [-0.3, -0.25) is 9.59 Å². The lowest BCUT2D eigenvalue weighted by molar-refractivity contribution is -0.141. The number of methoxy groups -OCH3 is 1. The van der Waals surface area contributed by atoms with Crippen molar-refractivity contribution in [2.24, 2.45) is 0 Å². The number of nitrogens with one attached hydrogen (secondary N) is 1. The molecule has 0 spiro atoms. The topological polar surface area (TPSA) is 65.6 Å². The first-order valence-corrected chi connectivity index (χ1v) is 7.78. The molecular formula is C17H21N3O3. The molecule has 6 nitrogen and oxygen atoms in total. The number of amides is 2. The van der Waals surface area contributed by atoms with Crippen LogP contribution in [-0.4, -0.2) is 66.5 Å². The van der Waals surface area contributed by atoms with Gasteiger partial charge in [0.15, 0.2) is 0 Å². The van der Waals surface area contributed by atoms with Crippen molar-refractivity contribution in [1.29, 1.82) is 0 Å². The van der Waals surface area contributed by atoms with Gasteiger partial charge in [-0.15, -0.1) is 0 Å². The summed E-state index contributed by atoms with van der Waals surface area (Å²) in [5.41, 5.74) is 2.06. The number of aromatic amines is 1. The van der Waals surface area contributed by atoms with E-state index < -0.39 is 0 Å². The monoisotopic (exact) mass is 315 g/mol. The Labute approximate surface area is 135 Å². The van der Waals surface area contributed by atoms with E-state index in [0.29, 0.717) is 32.6 Å². The predicted octanol–water partition coefficient (Wildman–Crippen LogP) is 1.03. The number of aromatic nitrogens is 1. The third-order valence-electron chi connectivity index (χ3n) is 4.27. The third-order valence-corrected chi connectivity index (χ3v) is 4.27. The Balaban J connectivity index is 1.59. The van der Waals surface area contributed by atoms with Crippen molar-refractivity contribution < 1.29 is 14.3 Å². The molecule has 1 aliphatic heterocycles. The first kappa shape index (κ1) is 15.6. The molecule has 1 aliphatic rings. The zero-order valence-electron chi connectivity index (χ0n) is 13.2. The Kier molecular flexibility index (Phi) is 4.62. The van der Waals surface area contributed by atoms with Crippen molar-refractivity contribution in [1.82, 2.24) is 14.8 Å². The molecule has 0 unspecified atom stereocenters. The Morgan fingerprint density at radius 1 is 1.09 bits per heavy atom. The van der Waals surface area contributed by atoms with Crippen LogP contribution in [0.15, 0.2) is 30.5 Å². The van der Waals surface area contributed by atoms with E-state index in [4.69, 9.17) is 4.74 Å². The number of carbonyl (C=O) groups excluding carboxylic acids is 2. The van der Waals surface area contributed by atoms with E-state index in [-0.39, 0.29) is 18.4 Å². The maximum atomic E-state index is 12.5. The SMILES string of the molecule is COCC(=O)N1CCN(C(=O)Cc2c[nH]c3ccccc23)CC1. The molecule has 2 aromatic rings. The average Bonchev–Trinajstić information content (AvgIpc) is 2.98. The van der Waals surface area contributed by atoms with Gasteiger partial charge in [-0.05, 0) is 11.6 Å². The Hall–Kier alpha value is -2.34. The molecule has 2 amide bonds. The molecule has 0 saturated carbocycles. The first-order valence-electron chi connectivity index (χ1n) is 7.78. The number of fused-ring (bicyclic) bond motifs is 1. The quantitative estimate of drug-likeness (QED) is 0.916. The fraction of sp³-hybridized carbons (Fsp3) is 0.412. The normalized spacial score (nSPS) is 15.2. The highest BCUT2D eigenvalue weighted by molar-refractivity contribution is 5.89. The lowest BCUT2D eigenvalue weighted by atomic mass is 10.1. The summed E-state index contributed by atoms with van der Waals surface area (Å²) >= 11 is 0. The molecule has 0 aliphatic carbocycles. The maximum Gasteiger partial charge on any atom is 0.248 e. The van der Waals surface area contributed by atoms with Crippen LogP contribution in [0.1, 0.15) is 5.56 Å². The van der Waals surface area contributed by atoms with Gasteiger partial charge in [-0.2, -0.15) is 0 Å². The molecule has 1 N–H and O–H groups in total. The smallest absolute Gasteiger partial charge is 0.248 e. The molecule has 6 heteroatoms. The number of benzene rings is 1. The minimum absolute atomic E-state index is 0.0174. The van der Waals surface area contributed by atoms with Crippen LogP contribution in [0.5, 0.6) is 0 Å². The number of piperazine rings is 1. The van der Waals surface area contributed by atoms with Crippen molar-refractivity contribution in [3.63, 3.8) is 0 Å². The molecule has 2 heterocycles. The molecule has 1 saturated heterocycles. The van der Waals surface area contributed by atoms with Crippen LogP contribution >= 0.6 is 0 Å². The van der Waals surface area contributed by atoms with Gasteiger partial charge in [0.05, 0.1) is 6.42 Å². The average molecular weight is 315 g/mol. The number of H-pyrrole nitrogens is 1. The second-order valence-corrected chi connectivity index (χ2v) is 5.73. The molecule has 0 radical (unpaired) electrons. The lowest BCUT2D eigenvalue weighted by Crippen LogP contribution is -2.51. The third kappa shape index (κ3) is 3.37. The highest BCUT2D eigenvalue weighted by atomic mass is 16.5. The van der Waals surface area contributed by atoms with Gasteiger partial charge in [-0.1, -0.05) is 18.2 Å². The predicted molar refractivity (Wildman–Crippen MR) is 87.0 cm³/mol. The molecular weight excluding hydrogens is 294 g/mol. The highest BCUT2D eigenvalue weighted by Gasteiger charge is 2.24. The fourth-order valence-corrected chi connectivity index (χ4v) is 2.97. The van der Waals surface area contributed by atoms with Crippen LogP contribution in [0.2, 0.25) is 0 Å². The number of rotatable bonds is 4. The molecule has 0 atom stereocenters. The van der Waals surface area contributed by atoms with Crippen LogP contribution in [0.4, 0.5) is 0 Å². The number of nitrogens with zero attached hydrogens (tertiary/aromatic N) is 2. The van der Waals surface area contributed by atoms with E-state index in [0.717, 1.165) is 16.5 Å². The van der Waals surface area contributed by atoms with Crippen LogP contribution in [0.3, 0.4) is 0 Å². The van der Waals surface area contributed by atoms with E-state index in [2.05, 4.69) is 4.98 Å². The summed E-state index contributed by atoms with van der Waals surface area (Å²) in [6.45, 7) is 2.40. The second-order valence-electron chi connectivity index (χ2n) is 5.73. The summed E-state index contributed by atoms with van der Waals surface area (Å²) < 4.78 is 4.87. The van der Waals surface area contributed by atoms with Crippen molar-refractivity contribution in [3.05, 3.63) is 36.0 Å². The summed E-state index contributed by atoms with van der Waals surface area (Å²) in [6.07, 6.45) is 2.29. The number of hydrogen-bond acceptors (Lipinski definition) is 3. The molecule has 23 heavy (non-hydrogen) atoms. The zero-order valence-corrected chi connectivity index (χ0v) is 13.2. The summed E-state index contributed by atoms with van der Waals surface area (Å²) in [5, 5.41) is 1.09. The van der Waals surface area contributed by atoms with Gasteiger partial charge in [0.1, 0.15) is 6.61 Å². The maximum absolute atomic E-state index is 12.5. The van der Waals surface area contributed by atoms with Gasteiger partial charge >= 0.3 is 0 Å². The van der Waals surface area contributed by atoms with E-state index in [1.165, 1.54) is 7.11 Å². The van der Waals surface area contributed by atoms with Crippen LogP contribution in [0.25, 0.3) is 10.9 Å². The second kappa shape index (κ2) is 6.83. The minimum Gasteiger partial charge on any atom is -0.375 e. The Bertz CT molecular complexity index is 702. The van der Waals surface area contributed by atoms with Crippen molar-refractivity contribution in [2.45, 2.75) is 6.42 Å². The Morgan fingerprint density at radius 2 is 1.74 bits per heavy atom. The van der Waals surface area contributed by atoms with E-state index in [1.54, 1.807) is 4.90 Å². The lowest BCUT2D eigenvalue weighted by Gasteiger charge is -2.34. The fourth-order valence-electron chi connectivity index (χ4n) is 2.97. The summed E-state index contributed by atoms with van der Waals surface area (Å²) in [6, 6.07) is 7.98. The van der Waals surface area contributed by atoms with Gasteiger partial charge in [0, 0.05) is 50.4 Å². The largest absolute Gasteiger partial charge is 0.375 e. The summed E-state index contributed by atoms with van der Waals surface area (Å²) in [5.74, 6) is 0.0878. The summed E-state index contributed by atoms with van der Waals surface area (Å²) in [4.78, 5) is 31.0. The van der Waals surface area contributed by atoms with Gasteiger partial charge in [-0.25, -0.2) is 0 Å². The van der Waals surface area contributed by atoms with Gasteiger partial charge in [0.2, 0.25) is 11.8 Å². The molecule has 1 aromatic carbocycles. The van der Waals surface area contributed by atoms with Crippen LogP contribution in [0, 0.1) is 0 Å². The molecule has 3 rings (SSSR count). The molecule has 122 valence electrons. The first-order chi connectivity index (χ1) is 11.2. The van der Waals surface area contributed by atoms with Gasteiger partial charge < -0.3 is 19.5 Å². The standard InChI is InChI=1S/C17H21N3O3/c1-23-12-17(22)20-8-6-19(7-9-20)16(21)10-13-11-18-15-5-3-2-4-14(13)15/h2-5,11,18H,6-10,12H2,1H3. The van der Waals surface area contributed by atoms with Crippen molar-refractivity contribution in [2.75, 3.05) is 39.9 Å². The van der Waals surface area contributed by atoms with E-state index in [9.17, 15) is 9.59 Å².